The highest BCUT2D eigenvalue weighted by Gasteiger charge is 2.51. The van der Waals surface area contributed by atoms with Crippen LogP contribution in [0.5, 0.6) is 0 Å². The van der Waals surface area contributed by atoms with Gasteiger partial charge in [0.1, 0.15) is 5.60 Å². The fraction of sp³-hybridized carbons (Fsp3) is 0.517. The summed E-state index contributed by atoms with van der Waals surface area (Å²) >= 11 is 5.37. The van der Waals surface area contributed by atoms with Crippen molar-refractivity contribution in [3.63, 3.8) is 0 Å². The first-order valence-electron chi connectivity index (χ1n) is 13.0. The molecular formula is C29H39N3O5S. The van der Waals surface area contributed by atoms with Gasteiger partial charge in [-0.1, -0.05) is 68.7 Å². The Bertz CT molecular complexity index is 1210. The molecule has 1 aliphatic heterocycles. The minimum Gasteiger partial charge on any atom is -0.488 e. The third-order valence-corrected chi connectivity index (χ3v) is 6.85. The van der Waals surface area contributed by atoms with Crippen molar-refractivity contribution >= 4 is 45.8 Å². The summed E-state index contributed by atoms with van der Waals surface area (Å²) in [5.74, 6) is -0.404. The molecule has 38 heavy (non-hydrogen) atoms. The first-order valence-corrected chi connectivity index (χ1v) is 13.4. The zero-order valence-corrected chi connectivity index (χ0v) is 24.1. The van der Waals surface area contributed by atoms with Gasteiger partial charge < -0.3 is 24.9 Å². The molecule has 206 valence electrons. The van der Waals surface area contributed by atoms with Crippen molar-refractivity contribution in [1.29, 1.82) is 0 Å². The predicted octanol–water partition coefficient (Wildman–Crippen LogP) is 5.62. The highest BCUT2D eigenvalue weighted by atomic mass is 32.1. The number of ether oxygens (including phenoxy) is 2. The quantitative estimate of drug-likeness (QED) is 0.400. The number of hydrogen-bond donors (Lipinski definition) is 2. The third kappa shape index (κ3) is 6.81. The molecule has 0 radical (unpaired) electrons. The lowest BCUT2D eigenvalue weighted by Gasteiger charge is -2.30. The summed E-state index contributed by atoms with van der Waals surface area (Å²) in [6, 6.07) is 12.8. The van der Waals surface area contributed by atoms with Crippen molar-refractivity contribution in [2.45, 2.75) is 84.1 Å². The Balaban J connectivity index is 1.98. The summed E-state index contributed by atoms with van der Waals surface area (Å²) in [7, 11) is 1.50. The number of fused-ring (bicyclic) bond motifs is 1. The Morgan fingerprint density at radius 2 is 1.82 bits per heavy atom. The van der Waals surface area contributed by atoms with E-state index in [1.165, 1.54) is 7.11 Å². The van der Waals surface area contributed by atoms with E-state index in [0.717, 1.165) is 17.2 Å². The molecule has 2 aromatic rings. The van der Waals surface area contributed by atoms with Gasteiger partial charge in [-0.05, 0) is 62.2 Å². The summed E-state index contributed by atoms with van der Waals surface area (Å²) in [4.78, 5) is 32.7. The number of nitrogens with one attached hydrogen (secondary N) is 2. The molecule has 3 rings (SSSR count). The summed E-state index contributed by atoms with van der Waals surface area (Å²) in [6.07, 6.45) is 1.01. The van der Waals surface area contributed by atoms with E-state index < -0.39 is 29.4 Å². The van der Waals surface area contributed by atoms with Gasteiger partial charge in [0.05, 0.1) is 24.9 Å². The number of alkyl carbamates (subject to hydrolysis) is 1. The van der Waals surface area contributed by atoms with E-state index in [2.05, 4.69) is 15.8 Å². The minimum atomic E-state index is -1.45. The van der Waals surface area contributed by atoms with E-state index in [0.29, 0.717) is 22.7 Å². The first kappa shape index (κ1) is 29.4. The molecule has 1 aliphatic rings. The topological polar surface area (TPSA) is 98.3 Å². The zero-order valence-electron chi connectivity index (χ0n) is 23.3. The summed E-state index contributed by atoms with van der Waals surface area (Å²) in [5.41, 5.74) is -0.888. The predicted molar refractivity (Wildman–Crippen MR) is 153 cm³/mol. The molecule has 3 atom stereocenters. The number of rotatable bonds is 9. The average Bonchev–Trinajstić information content (AvgIpc) is 3.31. The van der Waals surface area contributed by atoms with Gasteiger partial charge in [0, 0.05) is 12.0 Å². The van der Waals surface area contributed by atoms with Gasteiger partial charge in [-0.15, -0.1) is 0 Å². The summed E-state index contributed by atoms with van der Waals surface area (Å²) < 4.78 is 10.8. The molecule has 1 unspecified atom stereocenters. The fourth-order valence-corrected chi connectivity index (χ4v) is 4.67. The number of carbonyl (C=O) groups excluding carboxylic acids is 2. The summed E-state index contributed by atoms with van der Waals surface area (Å²) in [5, 5.41) is 12.7. The van der Waals surface area contributed by atoms with Crippen LogP contribution >= 0.6 is 12.2 Å². The Hall–Kier alpha value is -3.20. The van der Waals surface area contributed by atoms with Crippen LogP contribution in [-0.4, -0.2) is 47.6 Å². The highest BCUT2D eigenvalue weighted by molar-refractivity contribution is 7.80. The number of benzene rings is 2. The maximum atomic E-state index is 14.0. The van der Waals surface area contributed by atoms with Gasteiger partial charge in [-0.25, -0.2) is 4.79 Å². The molecular weight excluding hydrogens is 502 g/mol. The maximum Gasteiger partial charge on any atom is 0.408 e. The van der Waals surface area contributed by atoms with Gasteiger partial charge in [-0.3, -0.25) is 4.79 Å². The molecule has 0 spiro atoms. The van der Waals surface area contributed by atoms with Crippen LogP contribution in [0.25, 0.3) is 10.8 Å². The number of methoxy groups -OCH3 is 1. The van der Waals surface area contributed by atoms with Crippen LogP contribution in [0.3, 0.4) is 0 Å². The molecule has 2 aromatic carbocycles. The Morgan fingerprint density at radius 3 is 2.42 bits per heavy atom. The van der Waals surface area contributed by atoms with Crippen molar-refractivity contribution < 1.29 is 23.9 Å². The fourth-order valence-electron chi connectivity index (χ4n) is 4.49. The summed E-state index contributed by atoms with van der Waals surface area (Å²) in [6.45, 7) is 11.4. The number of nitrogens with zero attached hydrogens (tertiary/aromatic N) is 1. The monoisotopic (exact) mass is 541 g/mol. The van der Waals surface area contributed by atoms with Crippen LogP contribution in [0.2, 0.25) is 0 Å². The SMILES string of the molecule is CCC[C@H](NC(=O)C1(c2ccc3ccccc3c2)CC([C@@H](NC(=O)OC(C)(C)C)C(C)C)=NO1)C(=S)OC. The molecule has 2 N–H and O–H groups in total. The average molecular weight is 542 g/mol. The molecule has 0 aromatic heterocycles. The smallest absolute Gasteiger partial charge is 0.408 e. The van der Waals surface area contributed by atoms with Gasteiger partial charge in [-0.2, -0.15) is 0 Å². The largest absolute Gasteiger partial charge is 0.488 e. The lowest BCUT2D eigenvalue weighted by atomic mass is 9.83. The lowest BCUT2D eigenvalue weighted by molar-refractivity contribution is -0.145. The Labute approximate surface area is 230 Å². The van der Waals surface area contributed by atoms with Crippen LogP contribution < -0.4 is 10.6 Å². The molecule has 9 heteroatoms. The second-order valence-corrected chi connectivity index (χ2v) is 11.3. The molecule has 0 fully saturated rings. The van der Waals surface area contributed by atoms with E-state index in [4.69, 9.17) is 26.5 Å². The van der Waals surface area contributed by atoms with Crippen molar-refractivity contribution in [2.24, 2.45) is 11.1 Å². The van der Waals surface area contributed by atoms with Crippen molar-refractivity contribution in [3.05, 3.63) is 48.0 Å². The Morgan fingerprint density at radius 1 is 1.13 bits per heavy atom. The first-order chi connectivity index (χ1) is 17.9. The lowest BCUT2D eigenvalue weighted by Crippen LogP contribution is -2.52. The second-order valence-electron chi connectivity index (χ2n) is 10.9. The van der Waals surface area contributed by atoms with E-state index >= 15 is 0 Å². The van der Waals surface area contributed by atoms with E-state index in [9.17, 15) is 9.59 Å². The van der Waals surface area contributed by atoms with E-state index in [1.807, 2.05) is 63.2 Å². The number of oxime groups is 1. The van der Waals surface area contributed by atoms with Crippen molar-refractivity contribution in [2.75, 3.05) is 7.11 Å². The zero-order chi connectivity index (χ0) is 28.1. The van der Waals surface area contributed by atoms with Gasteiger partial charge >= 0.3 is 6.09 Å². The molecule has 8 nitrogen and oxygen atoms in total. The molecule has 2 amide bonds. The number of carbonyl (C=O) groups is 2. The van der Waals surface area contributed by atoms with Crippen LogP contribution in [0.15, 0.2) is 47.6 Å². The number of thiocarbonyl (C=S) groups is 1. The van der Waals surface area contributed by atoms with Crippen LogP contribution in [0.4, 0.5) is 4.79 Å². The number of hydrogen-bond acceptors (Lipinski definition) is 7. The van der Waals surface area contributed by atoms with Gasteiger partial charge in [0.15, 0.2) is 5.05 Å². The molecule has 0 saturated heterocycles. The molecule has 0 saturated carbocycles. The molecule has 0 bridgehead atoms. The molecule has 0 aliphatic carbocycles. The molecule has 1 heterocycles. The van der Waals surface area contributed by atoms with Crippen LogP contribution in [0.1, 0.15) is 66.4 Å². The van der Waals surface area contributed by atoms with Crippen LogP contribution in [-0.2, 0) is 24.7 Å². The maximum absolute atomic E-state index is 14.0. The van der Waals surface area contributed by atoms with Crippen molar-refractivity contribution in [1.82, 2.24) is 10.6 Å². The standard InChI is InChI=1S/C29H39N3O5S/c1-8-11-22(25(38)35-7)30-26(33)29(21-15-14-19-12-9-10-13-20(19)16-21)17-23(32-37-29)24(18(2)3)31-27(34)36-28(4,5)6/h9-10,12-16,18,22,24H,8,11,17H2,1-7H3,(H,30,33)(H,31,34)/t22-,24-,29?/m0/s1. The highest BCUT2D eigenvalue weighted by Crippen LogP contribution is 2.38. The Kier molecular flexibility index (Phi) is 9.35. The van der Waals surface area contributed by atoms with Gasteiger partial charge in [0.2, 0.25) is 5.60 Å². The normalized spacial score (nSPS) is 18.8. The minimum absolute atomic E-state index is 0.0331. The second kappa shape index (κ2) is 12.1. The van der Waals surface area contributed by atoms with Crippen LogP contribution in [0, 0.1) is 5.92 Å². The third-order valence-electron chi connectivity index (χ3n) is 6.40. The van der Waals surface area contributed by atoms with Crippen molar-refractivity contribution in [3.8, 4) is 0 Å². The van der Waals surface area contributed by atoms with Gasteiger partial charge in [0.25, 0.3) is 5.91 Å². The van der Waals surface area contributed by atoms with E-state index in [-0.39, 0.29) is 18.2 Å². The number of amides is 2. The van der Waals surface area contributed by atoms with E-state index in [1.54, 1.807) is 20.8 Å².